The number of nitrogens with one attached hydrogen (secondary N) is 1. The predicted octanol–water partition coefficient (Wildman–Crippen LogP) is 5.11. The first kappa shape index (κ1) is 21.5. The zero-order valence-electron chi connectivity index (χ0n) is 15.7. The van der Waals surface area contributed by atoms with Gasteiger partial charge in [0.25, 0.3) is 11.8 Å². The number of thiocarbonyl (C=S) groups is 1. The Labute approximate surface area is 187 Å². The van der Waals surface area contributed by atoms with Crippen molar-refractivity contribution >= 4 is 68.4 Å². The van der Waals surface area contributed by atoms with E-state index in [1.54, 1.807) is 42.5 Å². The first-order valence-corrected chi connectivity index (χ1v) is 10.5. The Morgan fingerprint density at radius 3 is 2.66 bits per heavy atom. The molecule has 1 fully saturated rings. The molecule has 2 aromatic carbocycles. The number of nitrogens with zero attached hydrogens (tertiary/aromatic N) is 1. The second kappa shape index (κ2) is 9.07. The summed E-state index contributed by atoms with van der Waals surface area (Å²) < 4.78 is 6.56. The van der Waals surface area contributed by atoms with Crippen molar-refractivity contribution in [2.24, 2.45) is 0 Å². The van der Waals surface area contributed by atoms with Gasteiger partial charge in [0.15, 0.2) is 5.11 Å². The van der Waals surface area contributed by atoms with E-state index in [9.17, 15) is 9.59 Å². The number of carbonyl (C=O) groups is 2. The van der Waals surface area contributed by atoms with E-state index in [4.69, 9.17) is 28.6 Å². The Balaban J connectivity index is 1.95. The largest absolute Gasteiger partial charge is 0.490 e. The van der Waals surface area contributed by atoms with Crippen LogP contribution in [-0.2, 0) is 9.59 Å². The third kappa shape index (κ3) is 4.69. The minimum atomic E-state index is -0.556. The van der Waals surface area contributed by atoms with E-state index in [0.29, 0.717) is 22.0 Å². The van der Waals surface area contributed by atoms with Gasteiger partial charge in [-0.1, -0.05) is 36.7 Å². The molecule has 29 heavy (non-hydrogen) atoms. The van der Waals surface area contributed by atoms with Crippen LogP contribution in [0.25, 0.3) is 6.08 Å². The van der Waals surface area contributed by atoms with Gasteiger partial charge in [-0.25, -0.2) is 0 Å². The number of hydrogen-bond acceptors (Lipinski definition) is 4. The van der Waals surface area contributed by atoms with Gasteiger partial charge in [-0.05, 0) is 77.4 Å². The van der Waals surface area contributed by atoms with E-state index in [-0.39, 0.29) is 16.8 Å². The Hall–Kier alpha value is -2.22. The quantitative estimate of drug-likeness (QED) is 0.357. The van der Waals surface area contributed by atoms with Crippen molar-refractivity contribution in [1.29, 1.82) is 0 Å². The van der Waals surface area contributed by atoms with Crippen molar-refractivity contribution in [3.8, 4) is 5.75 Å². The Morgan fingerprint density at radius 2 is 2.00 bits per heavy atom. The monoisotopic (exact) mass is 492 g/mol. The molecule has 1 saturated heterocycles. The number of benzene rings is 2. The van der Waals surface area contributed by atoms with Crippen molar-refractivity contribution in [1.82, 2.24) is 5.32 Å². The van der Waals surface area contributed by atoms with Gasteiger partial charge < -0.3 is 4.74 Å². The molecule has 2 aromatic rings. The smallest absolute Gasteiger partial charge is 0.270 e. The summed E-state index contributed by atoms with van der Waals surface area (Å²) in [6, 6.07) is 12.2. The normalized spacial score (nSPS) is 16.8. The highest BCUT2D eigenvalue weighted by Gasteiger charge is 2.35. The molecule has 2 amide bonds. The minimum Gasteiger partial charge on any atom is -0.490 e. The van der Waals surface area contributed by atoms with E-state index in [1.165, 1.54) is 11.0 Å². The topological polar surface area (TPSA) is 58.6 Å². The lowest BCUT2D eigenvalue weighted by atomic mass is 10.1. The lowest BCUT2D eigenvalue weighted by Crippen LogP contribution is -2.54. The average Bonchev–Trinajstić information content (AvgIpc) is 2.68. The lowest BCUT2D eigenvalue weighted by molar-refractivity contribution is -0.122. The van der Waals surface area contributed by atoms with Crippen LogP contribution in [0, 0.1) is 0 Å². The maximum atomic E-state index is 13.1. The van der Waals surface area contributed by atoms with Crippen LogP contribution in [0.1, 0.15) is 25.8 Å². The lowest BCUT2D eigenvalue weighted by Gasteiger charge is -2.29. The molecule has 0 bridgehead atoms. The third-order valence-corrected chi connectivity index (χ3v) is 5.59. The van der Waals surface area contributed by atoms with E-state index < -0.39 is 11.8 Å². The van der Waals surface area contributed by atoms with Crippen LogP contribution < -0.4 is 15.0 Å². The van der Waals surface area contributed by atoms with Gasteiger partial charge in [0.2, 0.25) is 0 Å². The number of anilines is 1. The van der Waals surface area contributed by atoms with Crippen LogP contribution in [0.2, 0.25) is 5.02 Å². The molecule has 1 heterocycles. The molecular weight excluding hydrogens is 476 g/mol. The molecule has 3 rings (SSSR count). The summed E-state index contributed by atoms with van der Waals surface area (Å²) in [5.41, 5.74) is 1.04. The van der Waals surface area contributed by atoms with E-state index in [2.05, 4.69) is 21.2 Å². The molecule has 1 aliphatic heterocycles. The summed E-state index contributed by atoms with van der Waals surface area (Å²) in [7, 11) is 0. The summed E-state index contributed by atoms with van der Waals surface area (Å²) in [6.45, 7) is 4.03. The van der Waals surface area contributed by atoms with Crippen molar-refractivity contribution in [3.63, 3.8) is 0 Å². The van der Waals surface area contributed by atoms with Crippen LogP contribution in [0.3, 0.4) is 0 Å². The second-order valence-corrected chi connectivity index (χ2v) is 8.08. The fourth-order valence-corrected chi connectivity index (χ4v) is 3.66. The zero-order valence-corrected chi connectivity index (χ0v) is 18.9. The number of halogens is 2. The average molecular weight is 494 g/mol. The number of ether oxygens (including phenoxy) is 1. The molecular formula is C21H18BrClN2O3S. The minimum absolute atomic E-state index is 0.0104. The second-order valence-electron chi connectivity index (χ2n) is 6.44. The van der Waals surface area contributed by atoms with Gasteiger partial charge in [-0.15, -0.1) is 0 Å². The summed E-state index contributed by atoms with van der Waals surface area (Å²) in [5, 5.41) is 2.89. The Kier molecular flexibility index (Phi) is 6.72. The van der Waals surface area contributed by atoms with Gasteiger partial charge in [0.05, 0.1) is 21.3 Å². The van der Waals surface area contributed by atoms with Crippen LogP contribution in [-0.4, -0.2) is 23.0 Å². The molecule has 1 aliphatic rings. The Morgan fingerprint density at radius 1 is 1.28 bits per heavy atom. The van der Waals surface area contributed by atoms with Crippen molar-refractivity contribution in [2.45, 2.75) is 26.4 Å². The first-order valence-electron chi connectivity index (χ1n) is 8.94. The summed E-state index contributed by atoms with van der Waals surface area (Å²) in [5.74, 6) is -0.401. The molecule has 0 spiro atoms. The molecule has 0 aromatic heterocycles. The molecule has 0 unspecified atom stereocenters. The number of amides is 2. The fraction of sp³-hybridized carbons (Fsp3) is 0.190. The standard InChI is InChI=1S/C21H18BrClN2O3S/c1-3-12(2)28-18-9-8-13(11-15(18)22)10-14-19(26)24-21(29)25(20(14)27)17-7-5-4-6-16(17)23/h4-12H,3H2,1-2H3,(H,24,26,29)/b14-10+/t12-/m0/s1. The van der Waals surface area contributed by atoms with Crippen molar-refractivity contribution < 1.29 is 14.3 Å². The van der Waals surface area contributed by atoms with E-state index in [1.807, 2.05) is 13.8 Å². The number of hydrogen-bond donors (Lipinski definition) is 1. The summed E-state index contributed by atoms with van der Waals surface area (Å²) in [6.07, 6.45) is 2.47. The van der Waals surface area contributed by atoms with Gasteiger partial charge >= 0.3 is 0 Å². The summed E-state index contributed by atoms with van der Waals surface area (Å²) >= 11 is 14.9. The molecule has 5 nitrogen and oxygen atoms in total. The van der Waals surface area contributed by atoms with Crippen LogP contribution in [0.4, 0.5) is 5.69 Å². The molecule has 0 saturated carbocycles. The number of rotatable bonds is 5. The molecule has 0 radical (unpaired) electrons. The molecule has 8 heteroatoms. The predicted molar refractivity (Wildman–Crippen MR) is 122 cm³/mol. The molecule has 1 atom stereocenters. The third-order valence-electron chi connectivity index (χ3n) is 4.37. The van der Waals surface area contributed by atoms with Crippen molar-refractivity contribution in [3.05, 3.63) is 63.1 Å². The summed E-state index contributed by atoms with van der Waals surface area (Å²) in [4.78, 5) is 26.7. The van der Waals surface area contributed by atoms with Crippen LogP contribution in [0.5, 0.6) is 5.75 Å². The highest BCUT2D eigenvalue weighted by molar-refractivity contribution is 9.10. The van der Waals surface area contributed by atoms with E-state index in [0.717, 1.165) is 10.9 Å². The number of carbonyl (C=O) groups excluding carboxylic acids is 2. The first-order chi connectivity index (χ1) is 13.8. The SMILES string of the molecule is CC[C@H](C)Oc1ccc(/C=C2\C(=O)NC(=S)N(c3ccccc3Cl)C2=O)cc1Br. The zero-order chi connectivity index (χ0) is 21.1. The van der Waals surface area contributed by atoms with Gasteiger partial charge in [-0.2, -0.15) is 0 Å². The molecule has 0 aliphatic carbocycles. The van der Waals surface area contributed by atoms with Gasteiger partial charge in [0, 0.05) is 0 Å². The van der Waals surface area contributed by atoms with Crippen LogP contribution >= 0.6 is 39.7 Å². The highest BCUT2D eigenvalue weighted by Crippen LogP contribution is 2.31. The maximum Gasteiger partial charge on any atom is 0.270 e. The Bertz CT molecular complexity index is 1020. The van der Waals surface area contributed by atoms with Crippen LogP contribution in [0.15, 0.2) is 52.5 Å². The van der Waals surface area contributed by atoms with Crippen molar-refractivity contribution in [2.75, 3.05) is 4.90 Å². The number of para-hydroxylation sites is 1. The molecule has 1 N–H and O–H groups in total. The molecule has 150 valence electrons. The van der Waals surface area contributed by atoms with E-state index >= 15 is 0 Å². The van der Waals surface area contributed by atoms with Gasteiger partial charge in [-0.3, -0.25) is 19.8 Å². The fourth-order valence-electron chi connectivity index (χ4n) is 2.68. The maximum absolute atomic E-state index is 13.1. The highest BCUT2D eigenvalue weighted by atomic mass is 79.9. The van der Waals surface area contributed by atoms with Gasteiger partial charge in [0.1, 0.15) is 11.3 Å².